The molecule has 74 heavy (non-hydrogen) atoms. The second kappa shape index (κ2) is 20.0. The Balaban J connectivity index is 0.873. The van der Waals surface area contributed by atoms with Gasteiger partial charge in [0.25, 0.3) is 21.6 Å². The van der Waals surface area contributed by atoms with Crippen molar-refractivity contribution in [2.24, 2.45) is 11.3 Å². The molecule has 2 saturated carbocycles. The number of fused-ring (bicyclic) bond motifs is 4. The number of nitrogens with one attached hydrogen (secondary N) is 3. The highest BCUT2D eigenvalue weighted by atomic mass is 32.2. The number of rotatable bonds is 12. The molecule has 2 aromatic heterocycles. The number of piperidine rings is 1. The Bertz CT molecular complexity index is 3030. The number of hydrogen-bond acceptors (Lipinski definition) is 14. The van der Waals surface area contributed by atoms with Crippen molar-refractivity contribution in [1.29, 1.82) is 0 Å². The van der Waals surface area contributed by atoms with Crippen molar-refractivity contribution >= 4 is 61.2 Å². The molecule has 4 N–H and O–H groups in total. The third kappa shape index (κ3) is 9.81. The average Bonchev–Trinajstić information content (AvgIpc) is 3.57. The van der Waals surface area contributed by atoms with Gasteiger partial charge in [0.15, 0.2) is 5.82 Å². The molecule has 0 bridgehead atoms. The number of amides is 1. The molecule has 1 amide bonds. The van der Waals surface area contributed by atoms with Crippen LogP contribution < -0.4 is 24.7 Å². The number of aliphatic hydroxyl groups is 1. The summed E-state index contributed by atoms with van der Waals surface area (Å²) in [7, 11) is -4.66. The lowest BCUT2D eigenvalue weighted by Crippen LogP contribution is -2.58. The quantitative estimate of drug-likeness (QED) is 0.0683. The Labute approximate surface area is 432 Å². The molecule has 2 aliphatic carbocycles. The number of pyridine rings is 1. The van der Waals surface area contributed by atoms with Gasteiger partial charge >= 0.3 is 0 Å². The molecule has 0 radical (unpaired) electrons. The highest BCUT2D eigenvalue weighted by molar-refractivity contribution is 7.90. The van der Waals surface area contributed by atoms with Crippen molar-refractivity contribution in [3.8, 4) is 0 Å². The van der Waals surface area contributed by atoms with Crippen LogP contribution in [0.5, 0.6) is 0 Å². The monoisotopic (exact) mass is 1030 g/mol. The number of H-pyrrole nitrogens is 1. The normalized spacial score (nSPS) is 24.6. The first kappa shape index (κ1) is 50.3. The summed E-state index contributed by atoms with van der Waals surface area (Å²) in [5.74, 6) is -0.209. The van der Waals surface area contributed by atoms with E-state index in [1.165, 1.54) is 29.5 Å². The van der Waals surface area contributed by atoms with Crippen molar-refractivity contribution in [2.45, 2.75) is 113 Å². The molecule has 0 unspecified atom stereocenters. The van der Waals surface area contributed by atoms with Crippen LogP contribution in [0.3, 0.4) is 0 Å². The number of carbonyl (C=O) groups is 1. The molecule has 17 nitrogen and oxygen atoms in total. The lowest BCUT2D eigenvalue weighted by molar-refractivity contribution is -0.384. The SMILES string of the molecule is CC(C)c1ccccc1[C@@H]1COCCN1C1CC2(CCN(c3ccc(C(=O)NS(=O)(=O)c4ccc(NCC5CCC(C)(O)CC5)c([N+](=O)[O-])c4)c(N4C[C@@H]5COCCCN5c5nc6[nH]cc(F)c6cc54)c3)CC2)C1. The maximum absolute atomic E-state index is 15.4. The number of hydrogen-bond donors (Lipinski definition) is 4. The average molecular weight is 1030 g/mol. The summed E-state index contributed by atoms with van der Waals surface area (Å²) in [4.78, 5) is 43.1. The molecule has 1 spiro atoms. The zero-order chi connectivity index (χ0) is 51.5. The number of nitrogens with zero attached hydrogens (tertiary/aromatic N) is 6. The smallest absolute Gasteiger partial charge is 0.293 e. The summed E-state index contributed by atoms with van der Waals surface area (Å²) < 4.78 is 58.2. The molecular formula is C55H68FN9O8S. The Kier molecular flexibility index (Phi) is 13.6. The van der Waals surface area contributed by atoms with E-state index in [9.17, 15) is 28.4 Å². The minimum Gasteiger partial charge on any atom is -0.390 e. The number of ether oxygens (including phenoxy) is 2. The van der Waals surface area contributed by atoms with E-state index in [1.807, 2.05) is 24.0 Å². The summed E-state index contributed by atoms with van der Waals surface area (Å²) in [5.41, 5.74) is 4.23. The van der Waals surface area contributed by atoms with Crippen LogP contribution in [-0.2, 0) is 19.5 Å². The summed E-state index contributed by atoms with van der Waals surface area (Å²) in [6.07, 6.45) is 9.01. The van der Waals surface area contributed by atoms with E-state index >= 15 is 4.39 Å². The standard InChI is InChI=1S/C55H68FN9O8S/c1-35(2)41-7-4-5-8-42(41)50-34-73-24-22-62(50)38-28-55(29-38)17-20-61(21-18-55)37-9-11-43(47(25-37)64-32-39-33-72-23-6-19-63(39)52-49(64)27-44-45(56)31-58-51(44)59-52)53(66)60-74(70,71)40-10-12-46(48(26-40)65(68)69)57-30-36-13-15-54(3,67)16-14-36/h4-5,7-12,25-27,31,35-36,38-39,50,57,67H,6,13-24,28-30,32-34H2,1-3H3,(H,58,59)(H,60,66)/t36?,39-,50+,54?/m1/s1. The fraction of sp³-hybridized carbons (Fsp3) is 0.527. The van der Waals surface area contributed by atoms with E-state index in [4.69, 9.17) is 14.5 Å². The van der Waals surface area contributed by atoms with Crippen LogP contribution in [-0.4, -0.2) is 123 Å². The number of halogens is 1. The molecule has 6 heterocycles. The fourth-order valence-corrected chi connectivity index (χ4v) is 13.8. The first-order valence-electron chi connectivity index (χ1n) is 26.5. The van der Waals surface area contributed by atoms with E-state index in [-0.39, 0.29) is 40.1 Å². The van der Waals surface area contributed by atoms with Gasteiger partial charge < -0.3 is 39.6 Å². The number of benzene rings is 3. The van der Waals surface area contributed by atoms with Gasteiger partial charge in [-0.25, -0.2) is 22.5 Å². The van der Waals surface area contributed by atoms with Crippen molar-refractivity contribution in [2.75, 3.05) is 85.7 Å². The second-order valence-electron chi connectivity index (χ2n) is 22.3. The van der Waals surface area contributed by atoms with E-state index < -0.39 is 42.9 Å². The molecule has 394 valence electrons. The van der Waals surface area contributed by atoms with Gasteiger partial charge in [0.2, 0.25) is 0 Å². The first-order chi connectivity index (χ1) is 35.6. The predicted octanol–water partition coefficient (Wildman–Crippen LogP) is 8.77. The van der Waals surface area contributed by atoms with Gasteiger partial charge in [-0.2, -0.15) is 0 Å². The van der Waals surface area contributed by atoms with Gasteiger partial charge in [-0.15, -0.1) is 0 Å². The van der Waals surface area contributed by atoms with Gasteiger partial charge in [0.1, 0.15) is 17.2 Å². The van der Waals surface area contributed by atoms with Gasteiger partial charge in [-0.05, 0) is 129 Å². The zero-order valence-corrected chi connectivity index (χ0v) is 43.3. The van der Waals surface area contributed by atoms with Crippen molar-refractivity contribution in [1.82, 2.24) is 19.6 Å². The molecule has 11 rings (SSSR count). The van der Waals surface area contributed by atoms with Crippen LogP contribution in [0.25, 0.3) is 11.0 Å². The molecule has 2 atom stereocenters. The van der Waals surface area contributed by atoms with Crippen LogP contribution in [0.4, 0.5) is 38.6 Å². The number of anilines is 5. The van der Waals surface area contributed by atoms with Crippen molar-refractivity contribution < 1.29 is 37.1 Å². The first-order valence-corrected chi connectivity index (χ1v) is 28.0. The Morgan fingerprint density at radius 2 is 1.73 bits per heavy atom. The number of carbonyl (C=O) groups excluding carboxylic acids is 1. The Hall–Kier alpha value is -5.86. The largest absolute Gasteiger partial charge is 0.390 e. The van der Waals surface area contributed by atoms with E-state index in [1.54, 1.807) is 12.1 Å². The molecule has 19 heteroatoms. The topological polar surface area (TPSA) is 199 Å². The highest BCUT2D eigenvalue weighted by Gasteiger charge is 2.50. The molecule has 5 fully saturated rings. The van der Waals surface area contributed by atoms with E-state index in [0.717, 1.165) is 82.9 Å². The summed E-state index contributed by atoms with van der Waals surface area (Å²) in [5, 5.41) is 26.2. The van der Waals surface area contributed by atoms with Crippen molar-refractivity contribution in [3.63, 3.8) is 0 Å². The second-order valence-corrected chi connectivity index (χ2v) is 24.0. The molecule has 3 aromatic carbocycles. The Morgan fingerprint density at radius 1 is 0.959 bits per heavy atom. The zero-order valence-electron chi connectivity index (χ0n) is 42.5. The van der Waals surface area contributed by atoms with E-state index in [2.05, 4.69) is 67.8 Å². The predicted molar refractivity (Wildman–Crippen MR) is 283 cm³/mol. The third-order valence-electron chi connectivity index (χ3n) is 17.1. The maximum Gasteiger partial charge on any atom is 0.293 e. The number of nitro groups is 1. The lowest BCUT2D eigenvalue weighted by Gasteiger charge is -2.57. The van der Waals surface area contributed by atoms with Crippen LogP contribution in [0.15, 0.2) is 77.8 Å². The van der Waals surface area contributed by atoms with Gasteiger partial charge in [-0.3, -0.25) is 19.8 Å². The lowest BCUT2D eigenvalue weighted by atomic mass is 9.59. The number of nitro benzene ring substituents is 1. The van der Waals surface area contributed by atoms with Crippen LogP contribution in [0.2, 0.25) is 0 Å². The highest BCUT2D eigenvalue weighted by Crippen LogP contribution is 2.54. The molecule has 5 aromatic rings. The number of morpholine rings is 1. The van der Waals surface area contributed by atoms with Crippen LogP contribution in [0.1, 0.15) is 112 Å². The number of aromatic nitrogens is 2. The summed E-state index contributed by atoms with van der Waals surface area (Å²) in [6, 6.07) is 20.0. The van der Waals surface area contributed by atoms with Crippen LogP contribution in [0, 0.1) is 27.3 Å². The van der Waals surface area contributed by atoms with Gasteiger partial charge in [0, 0.05) is 69.9 Å². The molecule has 6 aliphatic rings. The molecular weight excluding hydrogens is 966 g/mol. The van der Waals surface area contributed by atoms with Crippen molar-refractivity contribution in [3.05, 3.63) is 106 Å². The minimum atomic E-state index is -4.66. The minimum absolute atomic E-state index is 0.0505. The maximum atomic E-state index is 15.4. The summed E-state index contributed by atoms with van der Waals surface area (Å²) in [6.45, 7) is 12.6. The third-order valence-corrected chi connectivity index (χ3v) is 18.4. The van der Waals surface area contributed by atoms with Crippen LogP contribution >= 0.6 is 0 Å². The van der Waals surface area contributed by atoms with Gasteiger partial charge in [-0.1, -0.05) is 38.1 Å². The number of aromatic amines is 1. The molecule has 3 saturated heterocycles. The van der Waals surface area contributed by atoms with Gasteiger partial charge in [0.05, 0.1) is 69.6 Å². The molecule has 4 aliphatic heterocycles. The Morgan fingerprint density at radius 3 is 2.50 bits per heavy atom. The summed E-state index contributed by atoms with van der Waals surface area (Å²) >= 11 is 0. The fourth-order valence-electron chi connectivity index (χ4n) is 12.8. The van der Waals surface area contributed by atoms with E-state index in [0.29, 0.717) is 87.1 Å². The number of sulfonamides is 1.